The summed E-state index contributed by atoms with van der Waals surface area (Å²) in [5.41, 5.74) is 8.31. The van der Waals surface area contributed by atoms with Crippen LogP contribution in [0.5, 0.6) is 0 Å². The molecule has 0 radical (unpaired) electrons. The third kappa shape index (κ3) is 6.98. The number of halogens is 2. The molecule has 4 aliphatic rings. The van der Waals surface area contributed by atoms with Gasteiger partial charge in [-0.15, -0.1) is 0 Å². The first-order valence-electron chi connectivity index (χ1n) is 16.3. The van der Waals surface area contributed by atoms with Gasteiger partial charge in [-0.25, -0.2) is 0 Å². The summed E-state index contributed by atoms with van der Waals surface area (Å²) in [5, 5.41) is 10.1. The number of nitrogens with one attached hydrogen (secondary N) is 4. The molecule has 2 saturated heterocycles. The first kappa shape index (κ1) is 30.9. The minimum absolute atomic E-state index is 0.442. The van der Waals surface area contributed by atoms with E-state index in [0.717, 1.165) is 113 Å². The zero-order valence-electron chi connectivity index (χ0n) is 25.4. The fourth-order valence-corrected chi connectivity index (χ4v) is 8.05. The monoisotopic (exact) mass is 726 g/mol. The van der Waals surface area contributed by atoms with Gasteiger partial charge in [0, 0.05) is 93.5 Å². The molecule has 4 aliphatic heterocycles. The quantitative estimate of drug-likeness (QED) is 0.205. The van der Waals surface area contributed by atoms with Gasteiger partial charge < -0.3 is 30.1 Å². The SMILES string of the molecule is Brc1ccc2[nH]c3c(c2c1)CCN[C@@H]3CCN1CCOCC1.Brc1ccc2[nH]c3c(c2c1)CCN[C@H]3CCN1CCOCC1. The second-order valence-electron chi connectivity index (χ2n) is 12.4. The summed E-state index contributed by atoms with van der Waals surface area (Å²) in [6.07, 6.45) is 4.53. The number of morpholine rings is 2. The first-order valence-corrected chi connectivity index (χ1v) is 17.9. The molecule has 6 heterocycles. The van der Waals surface area contributed by atoms with E-state index in [1.165, 1.54) is 44.3 Å². The minimum atomic E-state index is 0.442. The van der Waals surface area contributed by atoms with Crippen LogP contribution in [0.25, 0.3) is 21.8 Å². The van der Waals surface area contributed by atoms with Crippen molar-refractivity contribution >= 4 is 53.7 Å². The Kier molecular flexibility index (Phi) is 10.1. The molecule has 44 heavy (non-hydrogen) atoms. The smallest absolute Gasteiger partial charge is 0.0594 e. The number of hydrogen-bond acceptors (Lipinski definition) is 6. The number of fused-ring (bicyclic) bond motifs is 6. The summed E-state index contributed by atoms with van der Waals surface area (Å²) in [6.45, 7) is 12.2. The van der Waals surface area contributed by atoms with Crippen molar-refractivity contribution in [3.05, 3.63) is 67.9 Å². The van der Waals surface area contributed by atoms with Crippen LogP contribution in [0.15, 0.2) is 45.3 Å². The van der Waals surface area contributed by atoms with Crippen molar-refractivity contribution in [2.75, 3.05) is 78.8 Å². The van der Waals surface area contributed by atoms with E-state index in [9.17, 15) is 0 Å². The van der Waals surface area contributed by atoms with Crippen LogP contribution in [0.2, 0.25) is 0 Å². The normalized spacial score (nSPS) is 22.9. The van der Waals surface area contributed by atoms with Crippen LogP contribution in [-0.2, 0) is 22.3 Å². The third-order valence-corrected chi connectivity index (χ3v) is 10.7. The molecule has 0 bridgehead atoms. The van der Waals surface area contributed by atoms with Crippen LogP contribution < -0.4 is 10.6 Å². The predicted octanol–water partition coefficient (Wildman–Crippen LogP) is 5.68. The molecule has 2 aromatic carbocycles. The molecule has 0 amide bonds. The lowest BCUT2D eigenvalue weighted by atomic mass is 9.97. The van der Waals surface area contributed by atoms with Crippen molar-refractivity contribution < 1.29 is 9.47 Å². The van der Waals surface area contributed by atoms with E-state index in [1.54, 1.807) is 0 Å². The van der Waals surface area contributed by atoms with Gasteiger partial charge in [0.15, 0.2) is 0 Å². The highest BCUT2D eigenvalue weighted by atomic mass is 79.9. The molecule has 4 N–H and O–H groups in total. The van der Waals surface area contributed by atoms with Gasteiger partial charge in [0.05, 0.1) is 26.4 Å². The van der Waals surface area contributed by atoms with Gasteiger partial charge in [-0.3, -0.25) is 9.80 Å². The van der Waals surface area contributed by atoms with Crippen molar-refractivity contribution in [1.82, 2.24) is 30.4 Å². The Labute approximate surface area is 276 Å². The number of ether oxygens (including phenoxy) is 2. The van der Waals surface area contributed by atoms with Crippen LogP contribution in [0, 0.1) is 0 Å². The molecule has 4 aromatic rings. The Morgan fingerprint density at radius 2 is 1.07 bits per heavy atom. The van der Waals surface area contributed by atoms with E-state index in [4.69, 9.17) is 9.47 Å². The Hall–Kier alpha value is -1.76. The summed E-state index contributed by atoms with van der Waals surface area (Å²) in [5.74, 6) is 0. The molecular formula is C34H44Br2N6O2. The van der Waals surface area contributed by atoms with E-state index in [2.05, 4.69) is 98.7 Å². The van der Waals surface area contributed by atoms with Crippen LogP contribution >= 0.6 is 31.9 Å². The van der Waals surface area contributed by atoms with Gasteiger partial charge in [0.2, 0.25) is 0 Å². The molecular weight excluding hydrogens is 684 g/mol. The molecule has 2 fully saturated rings. The zero-order valence-corrected chi connectivity index (χ0v) is 28.6. The van der Waals surface area contributed by atoms with E-state index in [0.29, 0.717) is 12.1 Å². The van der Waals surface area contributed by atoms with Crippen LogP contribution in [0.3, 0.4) is 0 Å². The van der Waals surface area contributed by atoms with Gasteiger partial charge in [-0.1, -0.05) is 31.9 Å². The molecule has 0 unspecified atom stereocenters. The zero-order chi connectivity index (χ0) is 29.9. The molecule has 0 spiro atoms. The largest absolute Gasteiger partial charge is 0.379 e. The Morgan fingerprint density at radius 1 is 0.636 bits per heavy atom. The van der Waals surface area contributed by atoms with Crippen molar-refractivity contribution in [2.45, 2.75) is 37.8 Å². The molecule has 2 atom stereocenters. The van der Waals surface area contributed by atoms with Gasteiger partial charge in [-0.05, 0) is 86.3 Å². The lowest BCUT2D eigenvalue weighted by Crippen LogP contribution is -2.39. The average molecular weight is 729 g/mol. The second-order valence-corrected chi connectivity index (χ2v) is 14.2. The van der Waals surface area contributed by atoms with Crippen molar-refractivity contribution in [3.63, 3.8) is 0 Å². The fourth-order valence-electron chi connectivity index (χ4n) is 7.33. The van der Waals surface area contributed by atoms with E-state index in [-0.39, 0.29) is 0 Å². The summed E-state index contributed by atoms with van der Waals surface area (Å²) >= 11 is 7.19. The van der Waals surface area contributed by atoms with Crippen LogP contribution in [-0.4, -0.2) is 98.6 Å². The molecule has 2 aromatic heterocycles. The fraction of sp³-hybridized carbons (Fsp3) is 0.529. The van der Waals surface area contributed by atoms with Crippen molar-refractivity contribution in [3.8, 4) is 0 Å². The van der Waals surface area contributed by atoms with Gasteiger partial charge >= 0.3 is 0 Å². The molecule has 236 valence electrons. The van der Waals surface area contributed by atoms with Crippen molar-refractivity contribution in [2.24, 2.45) is 0 Å². The number of benzene rings is 2. The maximum absolute atomic E-state index is 5.43. The number of rotatable bonds is 6. The number of aromatic amines is 2. The first-order chi connectivity index (χ1) is 21.6. The second kappa shape index (κ2) is 14.3. The van der Waals surface area contributed by atoms with Gasteiger partial charge in [-0.2, -0.15) is 0 Å². The summed E-state index contributed by atoms with van der Waals surface area (Å²) in [4.78, 5) is 12.3. The maximum Gasteiger partial charge on any atom is 0.0594 e. The molecule has 10 heteroatoms. The van der Waals surface area contributed by atoms with Gasteiger partial charge in [0.1, 0.15) is 0 Å². The highest BCUT2D eigenvalue weighted by Crippen LogP contribution is 2.34. The summed E-state index contributed by atoms with van der Waals surface area (Å²) in [7, 11) is 0. The lowest BCUT2D eigenvalue weighted by Gasteiger charge is -2.30. The van der Waals surface area contributed by atoms with Crippen LogP contribution in [0.4, 0.5) is 0 Å². The predicted molar refractivity (Wildman–Crippen MR) is 185 cm³/mol. The number of nitrogens with zero attached hydrogens (tertiary/aromatic N) is 2. The van der Waals surface area contributed by atoms with Crippen LogP contribution in [0.1, 0.15) is 47.4 Å². The molecule has 8 rings (SSSR count). The number of aromatic nitrogens is 2. The van der Waals surface area contributed by atoms with E-state index < -0.39 is 0 Å². The minimum Gasteiger partial charge on any atom is -0.379 e. The number of hydrogen-bond donors (Lipinski definition) is 4. The highest BCUT2D eigenvalue weighted by Gasteiger charge is 2.26. The van der Waals surface area contributed by atoms with E-state index >= 15 is 0 Å². The maximum atomic E-state index is 5.43. The highest BCUT2D eigenvalue weighted by molar-refractivity contribution is 9.10. The lowest BCUT2D eigenvalue weighted by molar-refractivity contribution is 0.0359. The Balaban J connectivity index is 0.000000142. The Morgan fingerprint density at radius 3 is 1.50 bits per heavy atom. The van der Waals surface area contributed by atoms with Crippen molar-refractivity contribution in [1.29, 1.82) is 0 Å². The molecule has 0 saturated carbocycles. The Bertz CT molecular complexity index is 1440. The molecule has 8 nitrogen and oxygen atoms in total. The average Bonchev–Trinajstić information content (AvgIpc) is 3.62. The van der Waals surface area contributed by atoms with E-state index in [1.807, 2.05) is 0 Å². The van der Waals surface area contributed by atoms with Gasteiger partial charge in [0.25, 0.3) is 0 Å². The molecule has 0 aliphatic carbocycles. The summed E-state index contributed by atoms with van der Waals surface area (Å²) < 4.78 is 13.2. The topological polar surface area (TPSA) is 80.6 Å². The summed E-state index contributed by atoms with van der Waals surface area (Å²) in [6, 6.07) is 14.0. The number of H-pyrrole nitrogens is 2. The standard InChI is InChI=1S/2C17H22BrN3O/c2*18-12-1-2-15-14(11-12)13-3-5-19-16(17(13)20-15)4-6-21-7-9-22-10-8-21/h2*1-2,11,16,19-20H,3-10H2/t2*16-/m10/s1. The third-order valence-electron chi connectivity index (χ3n) is 9.71.